The summed E-state index contributed by atoms with van der Waals surface area (Å²) in [4.78, 5) is 32.7. The summed E-state index contributed by atoms with van der Waals surface area (Å²) >= 11 is 0. The zero-order valence-electron chi connectivity index (χ0n) is 20.4. The van der Waals surface area contributed by atoms with E-state index in [0.717, 1.165) is 39.7 Å². The largest absolute Gasteiger partial charge is 0.311 e. The van der Waals surface area contributed by atoms with E-state index in [1.807, 2.05) is 62.4 Å². The number of benzene rings is 2. The van der Waals surface area contributed by atoms with E-state index >= 15 is 0 Å². The van der Waals surface area contributed by atoms with Crippen molar-refractivity contribution in [2.24, 2.45) is 5.92 Å². The molecule has 36 heavy (non-hydrogen) atoms. The Labute approximate surface area is 209 Å². The Hall–Kier alpha value is -4.51. The highest BCUT2D eigenvalue weighted by atomic mass is 16.2. The number of amides is 2. The number of pyridine rings is 1. The number of nitrogens with zero attached hydrogens (tertiary/aromatic N) is 5. The predicted octanol–water partition coefficient (Wildman–Crippen LogP) is 4.46. The van der Waals surface area contributed by atoms with E-state index in [4.69, 9.17) is 0 Å². The molecule has 1 unspecified atom stereocenters. The van der Waals surface area contributed by atoms with Crippen molar-refractivity contribution in [3.8, 4) is 11.9 Å². The molecule has 0 spiro atoms. The van der Waals surface area contributed by atoms with Gasteiger partial charge in [-0.3, -0.25) is 9.59 Å². The van der Waals surface area contributed by atoms with Crippen LogP contribution in [0.2, 0.25) is 0 Å². The number of carbonyl (C=O) groups excluding carboxylic acids is 2. The zero-order valence-corrected chi connectivity index (χ0v) is 20.4. The monoisotopic (exact) mass is 478 g/mol. The molecule has 3 heterocycles. The molecule has 0 saturated carbocycles. The van der Waals surface area contributed by atoms with E-state index in [1.165, 1.54) is 10.9 Å². The summed E-state index contributed by atoms with van der Waals surface area (Å²) in [6.45, 7) is 6.29. The van der Waals surface area contributed by atoms with Crippen LogP contribution in [-0.4, -0.2) is 33.1 Å². The number of rotatable bonds is 5. The van der Waals surface area contributed by atoms with Gasteiger partial charge in [-0.1, -0.05) is 43.3 Å². The van der Waals surface area contributed by atoms with E-state index in [0.29, 0.717) is 5.82 Å². The van der Waals surface area contributed by atoms with E-state index < -0.39 is 5.92 Å². The average Bonchev–Trinajstić information content (AvgIpc) is 3.46. The number of nitrogens with one attached hydrogen (secondary N) is 1. The van der Waals surface area contributed by atoms with E-state index in [9.17, 15) is 14.9 Å². The van der Waals surface area contributed by atoms with Crippen molar-refractivity contribution in [3.05, 3.63) is 77.0 Å². The Bertz CT molecular complexity index is 1550. The molecule has 1 saturated heterocycles. The summed E-state index contributed by atoms with van der Waals surface area (Å²) in [6.07, 6.45) is 2.31. The molecule has 2 aromatic heterocycles. The van der Waals surface area contributed by atoms with Crippen LogP contribution in [0.3, 0.4) is 0 Å². The lowest BCUT2D eigenvalue weighted by atomic mass is 10.0. The van der Waals surface area contributed by atoms with Crippen molar-refractivity contribution in [2.75, 3.05) is 16.8 Å². The number of anilines is 2. The molecule has 1 aliphatic heterocycles. The Morgan fingerprint density at radius 3 is 2.75 bits per heavy atom. The molecule has 1 N–H and O–H groups in total. The summed E-state index contributed by atoms with van der Waals surface area (Å²) in [5, 5.41) is 17.9. The van der Waals surface area contributed by atoms with Crippen molar-refractivity contribution in [3.63, 3.8) is 0 Å². The van der Waals surface area contributed by atoms with Gasteiger partial charge in [-0.05, 0) is 49.1 Å². The number of hydrogen-bond donors (Lipinski definition) is 1. The van der Waals surface area contributed by atoms with Crippen LogP contribution < -0.4 is 10.2 Å². The second-order valence-corrected chi connectivity index (χ2v) is 9.08. The Morgan fingerprint density at radius 1 is 1.17 bits per heavy atom. The number of nitriles is 1. The summed E-state index contributed by atoms with van der Waals surface area (Å²) in [5.41, 5.74) is 4.99. The van der Waals surface area contributed by atoms with Gasteiger partial charge in [0, 0.05) is 24.0 Å². The molecule has 1 atom stereocenters. The number of aryl methyl sites for hydroxylation is 3. The van der Waals surface area contributed by atoms with Crippen molar-refractivity contribution >= 4 is 34.2 Å². The number of para-hydroxylation sites is 2. The lowest BCUT2D eigenvalue weighted by Crippen LogP contribution is -2.30. The summed E-state index contributed by atoms with van der Waals surface area (Å²) in [7, 11) is 0. The quantitative estimate of drug-likeness (QED) is 0.456. The first-order valence-corrected chi connectivity index (χ1v) is 12.0. The second kappa shape index (κ2) is 9.27. The molecule has 2 aromatic carbocycles. The first-order valence-electron chi connectivity index (χ1n) is 12.0. The van der Waals surface area contributed by atoms with Crippen LogP contribution in [0.1, 0.15) is 35.6 Å². The third kappa shape index (κ3) is 3.99. The maximum absolute atomic E-state index is 13.3. The normalized spacial score (nSPS) is 15.3. The van der Waals surface area contributed by atoms with Crippen LogP contribution in [0.5, 0.6) is 0 Å². The Kier molecular flexibility index (Phi) is 5.98. The van der Waals surface area contributed by atoms with Gasteiger partial charge in [0.2, 0.25) is 11.8 Å². The molecule has 8 heteroatoms. The maximum atomic E-state index is 13.3. The molecule has 180 valence electrons. The molecule has 0 aliphatic carbocycles. The maximum Gasteiger partial charge on any atom is 0.231 e. The van der Waals surface area contributed by atoms with Gasteiger partial charge < -0.3 is 10.2 Å². The Balaban J connectivity index is 1.44. The SMILES string of the molecule is CCc1cccc(C)c1N1CC(C(=O)Nc2c(C#N)cnn2-c2cc(C)c3ccccc3n2)CC1=O. The lowest BCUT2D eigenvalue weighted by Gasteiger charge is -2.22. The van der Waals surface area contributed by atoms with Crippen molar-refractivity contribution < 1.29 is 9.59 Å². The van der Waals surface area contributed by atoms with E-state index in [-0.39, 0.29) is 36.2 Å². The minimum Gasteiger partial charge on any atom is -0.311 e. The van der Waals surface area contributed by atoms with Crippen LogP contribution in [0.15, 0.2) is 54.7 Å². The van der Waals surface area contributed by atoms with Crippen LogP contribution in [-0.2, 0) is 16.0 Å². The first-order chi connectivity index (χ1) is 17.4. The van der Waals surface area contributed by atoms with Crippen molar-refractivity contribution in [2.45, 2.75) is 33.6 Å². The average molecular weight is 479 g/mol. The topological polar surface area (TPSA) is 104 Å². The third-order valence-corrected chi connectivity index (χ3v) is 6.73. The van der Waals surface area contributed by atoms with Crippen LogP contribution >= 0.6 is 0 Å². The van der Waals surface area contributed by atoms with Crippen LogP contribution in [0, 0.1) is 31.1 Å². The van der Waals surface area contributed by atoms with E-state index in [2.05, 4.69) is 28.4 Å². The molecule has 5 rings (SSSR count). The first kappa shape index (κ1) is 23.2. The minimum absolute atomic E-state index is 0.0833. The lowest BCUT2D eigenvalue weighted by molar-refractivity contribution is -0.122. The van der Waals surface area contributed by atoms with Crippen LogP contribution in [0.4, 0.5) is 11.5 Å². The molecule has 1 aliphatic rings. The minimum atomic E-state index is -0.553. The number of aromatic nitrogens is 3. The highest BCUT2D eigenvalue weighted by Crippen LogP contribution is 2.32. The fourth-order valence-corrected chi connectivity index (χ4v) is 4.87. The van der Waals surface area contributed by atoms with Gasteiger partial charge in [-0.2, -0.15) is 15.0 Å². The van der Waals surface area contributed by atoms with Crippen molar-refractivity contribution in [1.29, 1.82) is 5.26 Å². The molecule has 0 radical (unpaired) electrons. The summed E-state index contributed by atoms with van der Waals surface area (Å²) in [5.74, 6) is -0.212. The fraction of sp³-hybridized carbons (Fsp3) is 0.250. The van der Waals surface area contributed by atoms with Gasteiger partial charge in [0.15, 0.2) is 11.6 Å². The second-order valence-electron chi connectivity index (χ2n) is 9.08. The molecule has 4 aromatic rings. The molecule has 1 fully saturated rings. The van der Waals surface area contributed by atoms with Gasteiger partial charge in [-0.15, -0.1) is 0 Å². The highest BCUT2D eigenvalue weighted by molar-refractivity contribution is 6.04. The van der Waals surface area contributed by atoms with Gasteiger partial charge in [0.1, 0.15) is 11.6 Å². The third-order valence-electron chi connectivity index (χ3n) is 6.73. The molecule has 2 amide bonds. The fourth-order valence-electron chi connectivity index (χ4n) is 4.87. The highest BCUT2D eigenvalue weighted by Gasteiger charge is 2.37. The number of hydrogen-bond acceptors (Lipinski definition) is 5. The smallest absolute Gasteiger partial charge is 0.231 e. The molecular formula is C28H26N6O2. The van der Waals surface area contributed by atoms with Crippen LogP contribution in [0.25, 0.3) is 16.7 Å². The van der Waals surface area contributed by atoms with E-state index in [1.54, 1.807) is 4.90 Å². The van der Waals surface area contributed by atoms with Gasteiger partial charge in [-0.25, -0.2) is 4.98 Å². The molecule has 8 nitrogen and oxygen atoms in total. The van der Waals surface area contributed by atoms with Gasteiger partial charge in [0.05, 0.1) is 17.6 Å². The standard InChI is InChI=1S/C28H26N6O2/c1-4-19-9-7-8-17(2)26(19)33-16-20(13-25(33)35)28(36)32-27-21(14-29)15-30-34(27)24-12-18(3)22-10-5-6-11-23(22)31-24/h5-12,15,20H,4,13,16H2,1-3H3,(H,32,36). The van der Waals surface area contributed by atoms with Gasteiger partial charge >= 0.3 is 0 Å². The summed E-state index contributed by atoms with van der Waals surface area (Å²) < 4.78 is 1.47. The van der Waals surface area contributed by atoms with Crippen molar-refractivity contribution in [1.82, 2.24) is 14.8 Å². The predicted molar refractivity (Wildman–Crippen MR) is 138 cm³/mol. The number of carbonyl (C=O) groups is 2. The molecule has 0 bridgehead atoms. The Morgan fingerprint density at radius 2 is 1.97 bits per heavy atom. The van der Waals surface area contributed by atoms with Gasteiger partial charge in [0.25, 0.3) is 0 Å². The zero-order chi connectivity index (χ0) is 25.4. The molecular weight excluding hydrogens is 452 g/mol. The number of fused-ring (bicyclic) bond motifs is 1. The summed E-state index contributed by atoms with van der Waals surface area (Å²) in [6, 6.07) is 17.7.